The van der Waals surface area contributed by atoms with Crippen LogP contribution in [-0.2, 0) is 28.7 Å². The number of esters is 2. The van der Waals surface area contributed by atoms with Crippen LogP contribution in [0.1, 0.15) is 58.8 Å². The average molecular weight is 408 g/mol. The van der Waals surface area contributed by atoms with Crippen molar-refractivity contribution in [1.29, 1.82) is 0 Å². The summed E-state index contributed by atoms with van der Waals surface area (Å²) in [4.78, 5) is 50.0. The molecule has 4 aliphatic carbocycles. The summed E-state index contributed by atoms with van der Waals surface area (Å²) < 4.78 is 9.96. The SMILES string of the molecule is CCOC(=O)C[C@H](C(=O)OCC)[C@@H](NC(=O)C12CC3CC(CC(C3)C1)C2)C(N)=O. The molecule has 0 spiro atoms. The van der Waals surface area contributed by atoms with Crippen molar-refractivity contribution in [2.24, 2.45) is 34.8 Å². The lowest BCUT2D eigenvalue weighted by Gasteiger charge is -2.55. The van der Waals surface area contributed by atoms with Crippen LogP contribution in [-0.4, -0.2) is 43.0 Å². The molecular formula is C21H32N2O6. The molecular weight excluding hydrogens is 376 g/mol. The number of ether oxygens (including phenoxy) is 2. The smallest absolute Gasteiger partial charge is 0.312 e. The highest BCUT2D eigenvalue weighted by atomic mass is 16.5. The van der Waals surface area contributed by atoms with Gasteiger partial charge in [0, 0.05) is 5.41 Å². The van der Waals surface area contributed by atoms with Crippen LogP contribution < -0.4 is 11.1 Å². The summed E-state index contributed by atoms with van der Waals surface area (Å²) in [6, 6.07) is -1.31. The summed E-state index contributed by atoms with van der Waals surface area (Å²) in [6.07, 6.45) is 5.62. The summed E-state index contributed by atoms with van der Waals surface area (Å²) in [5.74, 6) is -2.00. The van der Waals surface area contributed by atoms with Gasteiger partial charge in [-0.3, -0.25) is 19.2 Å². The van der Waals surface area contributed by atoms with Crippen molar-refractivity contribution in [1.82, 2.24) is 5.32 Å². The normalized spacial score (nSPS) is 31.6. The Morgan fingerprint density at radius 3 is 1.93 bits per heavy atom. The standard InChI is InChI=1S/C21H32N2O6/c1-3-28-16(24)8-15(19(26)29-4-2)17(18(22)25)23-20(27)21-9-12-5-13(10-21)7-14(6-12)11-21/h12-15,17H,3-11H2,1-2H3,(H2,22,25)(H,23,27)/t12?,13?,14?,15-,17+,21?/m0/s1. The first-order valence-corrected chi connectivity index (χ1v) is 10.7. The molecule has 0 radical (unpaired) electrons. The summed E-state index contributed by atoms with van der Waals surface area (Å²) in [6.45, 7) is 3.52. The lowest BCUT2D eigenvalue weighted by Crippen LogP contribution is -2.59. The number of hydrogen-bond acceptors (Lipinski definition) is 6. The van der Waals surface area contributed by atoms with E-state index in [4.69, 9.17) is 15.2 Å². The Balaban J connectivity index is 1.77. The molecule has 2 amide bonds. The first-order chi connectivity index (χ1) is 13.8. The largest absolute Gasteiger partial charge is 0.466 e. The highest BCUT2D eigenvalue weighted by molar-refractivity contribution is 5.94. The van der Waals surface area contributed by atoms with E-state index in [2.05, 4.69) is 5.32 Å². The van der Waals surface area contributed by atoms with E-state index in [1.165, 1.54) is 19.3 Å². The summed E-state index contributed by atoms with van der Waals surface area (Å²) in [5.41, 5.74) is 5.05. The maximum Gasteiger partial charge on any atom is 0.312 e. The molecule has 0 aromatic rings. The minimum atomic E-state index is -1.31. The molecule has 4 fully saturated rings. The molecule has 0 unspecified atom stereocenters. The monoisotopic (exact) mass is 408 g/mol. The number of carbonyl (C=O) groups is 4. The minimum Gasteiger partial charge on any atom is -0.466 e. The van der Waals surface area contributed by atoms with Gasteiger partial charge in [-0.1, -0.05) is 0 Å². The van der Waals surface area contributed by atoms with E-state index >= 15 is 0 Å². The van der Waals surface area contributed by atoms with Crippen LogP contribution in [0.5, 0.6) is 0 Å². The zero-order chi connectivity index (χ0) is 21.2. The number of amides is 2. The molecule has 8 heteroatoms. The van der Waals surface area contributed by atoms with Crippen LogP contribution in [0.2, 0.25) is 0 Å². The van der Waals surface area contributed by atoms with Crippen LogP contribution in [0.25, 0.3) is 0 Å². The molecule has 4 rings (SSSR count). The Kier molecular flexibility index (Phi) is 6.49. The van der Waals surface area contributed by atoms with Crippen molar-refractivity contribution in [3.8, 4) is 0 Å². The number of nitrogens with one attached hydrogen (secondary N) is 1. The van der Waals surface area contributed by atoms with E-state index in [1.807, 2.05) is 0 Å². The Morgan fingerprint density at radius 1 is 0.966 bits per heavy atom. The zero-order valence-electron chi connectivity index (χ0n) is 17.3. The van der Waals surface area contributed by atoms with Gasteiger partial charge in [0.25, 0.3) is 0 Å². The molecule has 4 saturated carbocycles. The van der Waals surface area contributed by atoms with E-state index in [-0.39, 0.29) is 25.5 Å². The van der Waals surface area contributed by atoms with Gasteiger partial charge in [0.05, 0.1) is 25.6 Å². The Labute approximate surface area is 171 Å². The van der Waals surface area contributed by atoms with Crippen LogP contribution in [0.4, 0.5) is 0 Å². The maximum atomic E-state index is 13.3. The van der Waals surface area contributed by atoms with Crippen molar-refractivity contribution < 1.29 is 28.7 Å². The molecule has 162 valence electrons. The zero-order valence-corrected chi connectivity index (χ0v) is 17.3. The highest BCUT2D eigenvalue weighted by Crippen LogP contribution is 2.60. The fourth-order valence-corrected chi connectivity index (χ4v) is 6.04. The molecule has 2 atom stereocenters. The van der Waals surface area contributed by atoms with E-state index in [1.54, 1.807) is 13.8 Å². The fourth-order valence-electron chi connectivity index (χ4n) is 6.04. The lowest BCUT2D eigenvalue weighted by molar-refractivity contribution is -0.159. The summed E-state index contributed by atoms with van der Waals surface area (Å²) in [5, 5.41) is 2.74. The molecule has 0 aromatic carbocycles. The lowest BCUT2D eigenvalue weighted by atomic mass is 9.49. The third-order valence-electron chi connectivity index (χ3n) is 6.80. The predicted molar refractivity (Wildman–Crippen MR) is 103 cm³/mol. The predicted octanol–water partition coefficient (Wildman–Crippen LogP) is 1.31. The van der Waals surface area contributed by atoms with Gasteiger partial charge in [-0.25, -0.2) is 0 Å². The number of hydrogen-bond donors (Lipinski definition) is 2. The number of primary amides is 1. The molecule has 3 N–H and O–H groups in total. The third kappa shape index (κ3) is 4.56. The van der Waals surface area contributed by atoms with Crippen molar-refractivity contribution in [2.75, 3.05) is 13.2 Å². The van der Waals surface area contributed by atoms with E-state index in [0.717, 1.165) is 19.3 Å². The van der Waals surface area contributed by atoms with Crippen molar-refractivity contribution >= 4 is 23.8 Å². The number of nitrogens with two attached hydrogens (primary N) is 1. The molecule has 0 heterocycles. The molecule has 0 saturated heterocycles. The first-order valence-electron chi connectivity index (χ1n) is 10.7. The Morgan fingerprint density at radius 2 is 1.48 bits per heavy atom. The number of rotatable bonds is 9. The van der Waals surface area contributed by atoms with Gasteiger partial charge in [-0.15, -0.1) is 0 Å². The van der Waals surface area contributed by atoms with Gasteiger partial charge in [-0.2, -0.15) is 0 Å². The van der Waals surface area contributed by atoms with Crippen molar-refractivity contribution in [3.63, 3.8) is 0 Å². The van der Waals surface area contributed by atoms with Crippen molar-refractivity contribution in [3.05, 3.63) is 0 Å². The Hall–Kier alpha value is -2.12. The van der Waals surface area contributed by atoms with E-state index in [9.17, 15) is 19.2 Å². The second-order valence-electron chi connectivity index (χ2n) is 8.92. The first kappa shape index (κ1) is 21.6. The number of carbonyl (C=O) groups excluding carboxylic acids is 4. The van der Waals surface area contributed by atoms with Crippen molar-refractivity contribution in [2.45, 2.75) is 64.8 Å². The molecule has 4 bridgehead atoms. The topological polar surface area (TPSA) is 125 Å². The van der Waals surface area contributed by atoms with Crippen LogP contribution in [0, 0.1) is 29.1 Å². The van der Waals surface area contributed by atoms with E-state index < -0.39 is 35.2 Å². The molecule has 4 aliphatic rings. The Bertz CT molecular complexity index is 641. The average Bonchev–Trinajstić information content (AvgIpc) is 2.63. The molecule has 0 aromatic heterocycles. The van der Waals surface area contributed by atoms with Gasteiger partial charge in [-0.05, 0) is 70.1 Å². The summed E-state index contributed by atoms with van der Waals surface area (Å²) >= 11 is 0. The fraction of sp³-hybridized carbons (Fsp3) is 0.810. The third-order valence-corrected chi connectivity index (χ3v) is 6.80. The molecule has 0 aliphatic heterocycles. The van der Waals surface area contributed by atoms with Crippen LogP contribution in [0.3, 0.4) is 0 Å². The minimum absolute atomic E-state index is 0.0898. The van der Waals surface area contributed by atoms with Crippen LogP contribution >= 0.6 is 0 Å². The van der Waals surface area contributed by atoms with E-state index in [0.29, 0.717) is 17.8 Å². The molecule has 8 nitrogen and oxygen atoms in total. The second kappa shape index (κ2) is 8.71. The quantitative estimate of drug-likeness (QED) is 0.554. The summed E-state index contributed by atoms with van der Waals surface area (Å²) in [7, 11) is 0. The van der Waals surface area contributed by atoms with Gasteiger partial charge in [0.15, 0.2) is 0 Å². The second-order valence-corrected chi connectivity index (χ2v) is 8.92. The maximum absolute atomic E-state index is 13.3. The molecule has 29 heavy (non-hydrogen) atoms. The van der Waals surface area contributed by atoms with Crippen LogP contribution in [0.15, 0.2) is 0 Å². The van der Waals surface area contributed by atoms with Gasteiger partial charge in [0.2, 0.25) is 11.8 Å². The highest BCUT2D eigenvalue weighted by Gasteiger charge is 2.55. The van der Waals surface area contributed by atoms with Gasteiger partial charge in [0.1, 0.15) is 6.04 Å². The van der Waals surface area contributed by atoms with Gasteiger partial charge >= 0.3 is 11.9 Å². The van der Waals surface area contributed by atoms with Gasteiger partial charge < -0.3 is 20.5 Å².